The summed E-state index contributed by atoms with van der Waals surface area (Å²) in [6.45, 7) is 7.45. The van der Waals surface area contributed by atoms with E-state index in [0.29, 0.717) is 42.9 Å². The summed E-state index contributed by atoms with van der Waals surface area (Å²) in [5, 5.41) is 14.2. The van der Waals surface area contributed by atoms with Gasteiger partial charge in [-0.3, -0.25) is 4.79 Å². The molecule has 1 amide bonds. The normalized spacial score (nSPS) is 24.3. The lowest BCUT2D eigenvalue weighted by Gasteiger charge is -2.50. The molecule has 2 aromatic rings. The number of ether oxygens (including phenoxy) is 7. The molecule has 2 N–H and O–H groups in total. The first-order valence-corrected chi connectivity index (χ1v) is 15.3. The van der Waals surface area contributed by atoms with E-state index in [4.69, 9.17) is 33.2 Å². The van der Waals surface area contributed by atoms with Crippen LogP contribution < -0.4 is 29.0 Å². The van der Waals surface area contributed by atoms with Crippen LogP contribution in [-0.2, 0) is 25.5 Å². The first-order valence-electron chi connectivity index (χ1n) is 15.3. The van der Waals surface area contributed by atoms with Crippen LogP contribution in [0.2, 0.25) is 0 Å². The number of benzene rings is 2. The highest BCUT2D eigenvalue weighted by Crippen LogP contribution is 2.52. The predicted molar refractivity (Wildman–Crippen MR) is 161 cm³/mol. The number of amides is 1. The Morgan fingerprint density at radius 1 is 0.978 bits per heavy atom. The van der Waals surface area contributed by atoms with Crippen LogP contribution in [0.5, 0.6) is 28.7 Å². The Hall–Kier alpha value is -4.23. The maximum atomic E-state index is 13.0. The van der Waals surface area contributed by atoms with Crippen molar-refractivity contribution in [1.82, 2.24) is 10.4 Å². The lowest BCUT2D eigenvalue weighted by atomic mass is 9.67. The molecule has 1 aliphatic carbocycles. The molecule has 2 saturated heterocycles. The second-order valence-corrected chi connectivity index (χ2v) is 13.5. The van der Waals surface area contributed by atoms with Gasteiger partial charge in [0, 0.05) is 35.8 Å². The number of esters is 2. The van der Waals surface area contributed by atoms with E-state index < -0.39 is 47.6 Å². The summed E-state index contributed by atoms with van der Waals surface area (Å²) < 4.78 is 39.2. The van der Waals surface area contributed by atoms with Gasteiger partial charge in [-0.05, 0) is 75.1 Å². The molecule has 0 spiro atoms. The highest BCUT2D eigenvalue weighted by molar-refractivity contribution is 5.81. The zero-order chi connectivity index (χ0) is 33.0. The Morgan fingerprint density at radius 2 is 1.61 bits per heavy atom. The molecular formula is C33H40N2O11. The van der Waals surface area contributed by atoms with Gasteiger partial charge in [-0.2, -0.15) is 5.06 Å². The summed E-state index contributed by atoms with van der Waals surface area (Å²) in [6.07, 6.45) is 0.260. The number of carbonyl (C=O) groups excluding carboxylic acids is 3. The smallest absolute Gasteiger partial charge is 0.407 e. The van der Waals surface area contributed by atoms with Gasteiger partial charge in [0.15, 0.2) is 23.0 Å². The SMILES string of the molecule is COc1cc([C@@H]2c3cc4c(cc3C[C@H]3COC(=O)[C@@H]32)OCO4)cc(OC)c1OC(=O)CNC(=O)OC1CC(C)(C)N(O)C(C)(C)C1. The molecule has 2 fully saturated rings. The maximum Gasteiger partial charge on any atom is 0.407 e. The number of rotatable bonds is 7. The van der Waals surface area contributed by atoms with Gasteiger partial charge in [0.1, 0.15) is 12.6 Å². The van der Waals surface area contributed by atoms with Crippen molar-refractivity contribution in [3.05, 3.63) is 41.0 Å². The molecule has 0 aromatic heterocycles. The van der Waals surface area contributed by atoms with Gasteiger partial charge in [-0.1, -0.05) is 0 Å². The van der Waals surface area contributed by atoms with Crippen molar-refractivity contribution in [3.63, 3.8) is 0 Å². The van der Waals surface area contributed by atoms with Crippen LogP contribution in [0.4, 0.5) is 4.79 Å². The van der Waals surface area contributed by atoms with Crippen LogP contribution in [0.25, 0.3) is 0 Å². The first kappa shape index (κ1) is 31.7. The van der Waals surface area contributed by atoms with Crippen molar-refractivity contribution in [1.29, 1.82) is 0 Å². The van der Waals surface area contributed by atoms with Crippen molar-refractivity contribution in [2.24, 2.45) is 11.8 Å². The number of piperidine rings is 1. The van der Waals surface area contributed by atoms with E-state index in [-0.39, 0.29) is 35.9 Å². The first-order chi connectivity index (χ1) is 21.8. The highest BCUT2D eigenvalue weighted by atomic mass is 16.7. The maximum absolute atomic E-state index is 13.0. The van der Waals surface area contributed by atoms with E-state index in [9.17, 15) is 19.6 Å². The molecule has 3 aliphatic heterocycles. The van der Waals surface area contributed by atoms with Gasteiger partial charge >= 0.3 is 18.0 Å². The molecular weight excluding hydrogens is 600 g/mol. The van der Waals surface area contributed by atoms with Crippen molar-refractivity contribution in [3.8, 4) is 28.7 Å². The molecule has 0 saturated carbocycles. The Balaban J connectivity index is 1.19. The third kappa shape index (κ3) is 5.77. The average Bonchev–Trinajstić information content (AvgIpc) is 3.62. The molecule has 248 valence electrons. The number of carbonyl (C=O) groups is 3. The number of hydrogen-bond acceptors (Lipinski definition) is 12. The van der Waals surface area contributed by atoms with Gasteiger partial charge in [0.2, 0.25) is 12.5 Å². The fourth-order valence-electron chi connectivity index (χ4n) is 7.43. The van der Waals surface area contributed by atoms with Crippen molar-refractivity contribution < 1.29 is 52.7 Å². The molecule has 4 aliphatic rings. The molecule has 13 heteroatoms. The Bertz CT molecular complexity index is 1510. The molecule has 0 bridgehead atoms. The Morgan fingerprint density at radius 3 is 2.24 bits per heavy atom. The van der Waals surface area contributed by atoms with Crippen molar-refractivity contribution in [2.75, 3.05) is 34.2 Å². The van der Waals surface area contributed by atoms with Crippen LogP contribution in [0.1, 0.15) is 63.1 Å². The largest absolute Gasteiger partial charge is 0.493 e. The fourth-order valence-corrected chi connectivity index (χ4v) is 7.43. The summed E-state index contributed by atoms with van der Waals surface area (Å²) in [5.74, 6) is -0.209. The second kappa shape index (κ2) is 11.8. The number of hydroxylamine groups is 2. The minimum absolute atomic E-state index is 0.0278. The van der Waals surface area contributed by atoms with E-state index >= 15 is 0 Å². The van der Waals surface area contributed by atoms with Gasteiger partial charge in [0.25, 0.3) is 0 Å². The van der Waals surface area contributed by atoms with Crippen molar-refractivity contribution in [2.45, 2.75) is 70.1 Å². The van der Waals surface area contributed by atoms with Gasteiger partial charge < -0.3 is 43.7 Å². The van der Waals surface area contributed by atoms with Crippen LogP contribution in [0.15, 0.2) is 24.3 Å². The molecule has 0 radical (unpaired) electrons. The predicted octanol–water partition coefficient (Wildman–Crippen LogP) is 3.95. The van der Waals surface area contributed by atoms with E-state index in [0.717, 1.165) is 11.1 Å². The number of alkyl carbamates (subject to hydrolysis) is 1. The fraction of sp³-hybridized carbons (Fsp3) is 0.545. The second-order valence-electron chi connectivity index (χ2n) is 13.5. The van der Waals surface area contributed by atoms with Crippen LogP contribution in [-0.4, -0.2) is 79.6 Å². The minimum atomic E-state index is -0.776. The Labute approximate surface area is 266 Å². The molecule has 2 aromatic carbocycles. The van der Waals surface area contributed by atoms with E-state index in [1.54, 1.807) is 12.1 Å². The quantitative estimate of drug-likeness (QED) is 0.333. The van der Waals surface area contributed by atoms with Gasteiger partial charge in [0.05, 0.1) is 26.7 Å². The van der Waals surface area contributed by atoms with Gasteiger partial charge in [-0.25, -0.2) is 9.59 Å². The van der Waals surface area contributed by atoms with E-state index in [1.807, 2.05) is 39.8 Å². The summed E-state index contributed by atoms with van der Waals surface area (Å²) in [4.78, 5) is 38.5. The number of methoxy groups -OCH3 is 2. The zero-order valence-corrected chi connectivity index (χ0v) is 26.8. The van der Waals surface area contributed by atoms with Crippen LogP contribution in [0, 0.1) is 11.8 Å². The zero-order valence-electron chi connectivity index (χ0n) is 26.8. The third-order valence-electron chi connectivity index (χ3n) is 9.34. The van der Waals surface area contributed by atoms with Crippen molar-refractivity contribution >= 4 is 18.0 Å². The lowest BCUT2D eigenvalue weighted by molar-refractivity contribution is -0.256. The standard InChI is InChI=1S/C33H40N2O11/c1-32(2)12-20(13-33(3,4)35(32)39)45-31(38)34-14-26(36)46-29-24(40-5)9-18(10-25(29)41-6)27-21-11-23-22(43-16-44-23)8-17(21)7-19-15-42-30(37)28(19)27/h8-11,19-20,27-28,39H,7,12-16H2,1-6H3,(H,34,38)/t19-,27+,28-/m0/s1. The topological polar surface area (TPSA) is 151 Å². The van der Waals surface area contributed by atoms with Crippen LogP contribution in [0.3, 0.4) is 0 Å². The molecule has 3 heterocycles. The molecule has 13 nitrogen and oxygen atoms in total. The average molecular weight is 641 g/mol. The monoisotopic (exact) mass is 640 g/mol. The third-order valence-corrected chi connectivity index (χ3v) is 9.34. The summed E-state index contributed by atoms with van der Waals surface area (Å²) >= 11 is 0. The highest BCUT2D eigenvalue weighted by Gasteiger charge is 2.49. The molecule has 6 rings (SSSR count). The van der Waals surface area contributed by atoms with E-state index in [2.05, 4.69) is 5.32 Å². The van der Waals surface area contributed by atoms with E-state index in [1.165, 1.54) is 19.3 Å². The number of fused-ring (bicyclic) bond motifs is 3. The molecule has 0 unspecified atom stereocenters. The molecule has 3 atom stereocenters. The summed E-state index contributed by atoms with van der Waals surface area (Å²) in [7, 11) is 2.87. The summed E-state index contributed by atoms with van der Waals surface area (Å²) in [5.41, 5.74) is 1.45. The number of nitrogens with one attached hydrogen (secondary N) is 1. The number of nitrogens with zero attached hydrogens (tertiary/aromatic N) is 1. The van der Waals surface area contributed by atoms with Gasteiger partial charge in [-0.15, -0.1) is 0 Å². The minimum Gasteiger partial charge on any atom is -0.493 e. The summed E-state index contributed by atoms with van der Waals surface area (Å²) in [6, 6.07) is 7.31. The van der Waals surface area contributed by atoms with Crippen LogP contribution >= 0.6 is 0 Å². The molecule has 46 heavy (non-hydrogen) atoms. The Kier molecular flexibility index (Phi) is 8.18. The number of hydrogen-bond donors (Lipinski definition) is 2. The number of cyclic esters (lactones) is 1. The lowest BCUT2D eigenvalue weighted by Crippen LogP contribution is -2.61.